The predicted molar refractivity (Wildman–Crippen MR) is 86.9 cm³/mol. The van der Waals surface area contributed by atoms with Crippen LogP contribution >= 0.6 is 0 Å². The second-order valence-electron chi connectivity index (χ2n) is 5.65. The first-order chi connectivity index (χ1) is 9.97. The number of nitrogen functional groups attached to an aromatic ring is 1. The lowest BCUT2D eigenvalue weighted by molar-refractivity contribution is 0.378. The zero-order valence-electron chi connectivity index (χ0n) is 12.8. The molecule has 2 rings (SSSR count). The lowest BCUT2D eigenvalue weighted by atomic mass is 9.92. The van der Waals surface area contributed by atoms with Crippen LogP contribution in [-0.4, -0.2) is 28.6 Å². The lowest BCUT2D eigenvalue weighted by Gasteiger charge is -2.34. The number of benzene rings is 1. The van der Waals surface area contributed by atoms with Gasteiger partial charge in [-0.15, -0.1) is 0 Å². The molecule has 0 radical (unpaired) electrons. The van der Waals surface area contributed by atoms with Gasteiger partial charge in [-0.3, -0.25) is 0 Å². The van der Waals surface area contributed by atoms with Crippen molar-refractivity contribution in [3.63, 3.8) is 0 Å². The Kier molecular flexibility index (Phi) is 5.11. The summed E-state index contributed by atoms with van der Waals surface area (Å²) in [5, 5.41) is 0. The van der Waals surface area contributed by atoms with E-state index in [2.05, 4.69) is 16.5 Å². The maximum Gasteiger partial charge on any atom is 0.240 e. The second-order valence-corrected chi connectivity index (χ2v) is 7.53. The topological polar surface area (TPSA) is 75.4 Å². The fourth-order valence-corrected chi connectivity index (χ4v) is 3.70. The van der Waals surface area contributed by atoms with Crippen LogP contribution in [0.5, 0.6) is 0 Å². The molecular formula is C15H25N3O2S. The highest BCUT2D eigenvalue weighted by molar-refractivity contribution is 7.89. The quantitative estimate of drug-likeness (QED) is 0.817. The number of nitrogens with one attached hydrogen (secondary N) is 1. The molecule has 0 saturated carbocycles. The standard InChI is InChI=1S/C15H25N3O2S/c1-3-4-12-7-9-18(10-8-12)15-11-13(5-6-14(15)16)21(19,20)17-2/h5-6,11-12,17H,3-4,7-10,16H2,1-2H3. The molecule has 0 aliphatic carbocycles. The average Bonchev–Trinajstić information content (AvgIpc) is 2.49. The number of rotatable bonds is 5. The fraction of sp³-hybridized carbons (Fsp3) is 0.600. The van der Waals surface area contributed by atoms with Crippen molar-refractivity contribution in [1.82, 2.24) is 4.72 Å². The molecule has 1 heterocycles. The summed E-state index contributed by atoms with van der Waals surface area (Å²) < 4.78 is 26.2. The van der Waals surface area contributed by atoms with E-state index in [4.69, 9.17) is 5.73 Å². The van der Waals surface area contributed by atoms with E-state index >= 15 is 0 Å². The highest BCUT2D eigenvalue weighted by atomic mass is 32.2. The third kappa shape index (κ3) is 3.68. The van der Waals surface area contributed by atoms with Crippen LogP contribution in [0.25, 0.3) is 0 Å². The number of sulfonamides is 1. The molecule has 1 aromatic rings. The number of nitrogens with two attached hydrogens (primary N) is 1. The minimum atomic E-state index is -3.43. The molecule has 0 aromatic heterocycles. The van der Waals surface area contributed by atoms with Crippen molar-refractivity contribution < 1.29 is 8.42 Å². The molecule has 6 heteroatoms. The van der Waals surface area contributed by atoms with E-state index in [1.807, 2.05) is 0 Å². The number of anilines is 2. The summed E-state index contributed by atoms with van der Waals surface area (Å²) in [6, 6.07) is 4.91. The number of hydrogen-bond donors (Lipinski definition) is 2. The Morgan fingerprint density at radius 2 is 2.00 bits per heavy atom. The minimum absolute atomic E-state index is 0.268. The van der Waals surface area contributed by atoms with Crippen molar-refractivity contribution >= 4 is 21.4 Å². The molecule has 0 unspecified atom stereocenters. The number of nitrogens with zero attached hydrogens (tertiary/aromatic N) is 1. The van der Waals surface area contributed by atoms with Gasteiger partial charge < -0.3 is 10.6 Å². The van der Waals surface area contributed by atoms with Crippen molar-refractivity contribution in [3.8, 4) is 0 Å². The van der Waals surface area contributed by atoms with Gasteiger partial charge in [0.1, 0.15) is 0 Å². The van der Waals surface area contributed by atoms with Gasteiger partial charge in [0.2, 0.25) is 10.0 Å². The molecule has 118 valence electrons. The van der Waals surface area contributed by atoms with Crippen LogP contribution in [0.3, 0.4) is 0 Å². The van der Waals surface area contributed by atoms with Gasteiger partial charge in [0.15, 0.2) is 0 Å². The summed E-state index contributed by atoms with van der Waals surface area (Å²) in [5.41, 5.74) is 7.51. The van der Waals surface area contributed by atoms with Crippen molar-refractivity contribution in [2.75, 3.05) is 30.8 Å². The van der Waals surface area contributed by atoms with Crippen molar-refractivity contribution in [1.29, 1.82) is 0 Å². The van der Waals surface area contributed by atoms with E-state index in [0.29, 0.717) is 5.69 Å². The maximum atomic E-state index is 11.9. The molecule has 21 heavy (non-hydrogen) atoms. The number of hydrogen-bond acceptors (Lipinski definition) is 4. The zero-order chi connectivity index (χ0) is 15.5. The van der Waals surface area contributed by atoms with Gasteiger partial charge >= 0.3 is 0 Å². The van der Waals surface area contributed by atoms with E-state index in [0.717, 1.165) is 37.5 Å². The molecule has 0 bridgehead atoms. The largest absolute Gasteiger partial charge is 0.397 e. The highest BCUT2D eigenvalue weighted by Gasteiger charge is 2.22. The Morgan fingerprint density at radius 1 is 1.33 bits per heavy atom. The Labute approximate surface area is 127 Å². The normalized spacial score (nSPS) is 17.1. The van der Waals surface area contributed by atoms with Gasteiger partial charge in [0.05, 0.1) is 16.3 Å². The maximum absolute atomic E-state index is 11.9. The molecule has 1 aliphatic heterocycles. The van der Waals surface area contributed by atoms with Crippen LogP contribution in [0.4, 0.5) is 11.4 Å². The van der Waals surface area contributed by atoms with Crippen molar-refractivity contribution in [2.45, 2.75) is 37.5 Å². The van der Waals surface area contributed by atoms with Gasteiger partial charge in [-0.2, -0.15) is 0 Å². The van der Waals surface area contributed by atoms with Crippen LogP contribution in [-0.2, 0) is 10.0 Å². The average molecular weight is 311 g/mol. The molecule has 1 aromatic carbocycles. The van der Waals surface area contributed by atoms with Crippen molar-refractivity contribution in [2.24, 2.45) is 5.92 Å². The van der Waals surface area contributed by atoms with Gasteiger partial charge in [-0.1, -0.05) is 19.8 Å². The summed E-state index contributed by atoms with van der Waals surface area (Å²) in [6.07, 6.45) is 4.80. The van der Waals surface area contributed by atoms with E-state index in [-0.39, 0.29) is 4.90 Å². The third-order valence-electron chi connectivity index (χ3n) is 4.23. The Hall–Kier alpha value is -1.27. The van der Waals surface area contributed by atoms with Crippen LogP contribution in [0.1, 0.15) is 32.6 Å². The molecule has 0 atom stereocenters. The van der Waals surface area contributed by atoms with E-state index in [9.17, 15) is 8.42 Å². The predicted octanol–water partition coefficient (Wildman–Crippen LogP) is 2.19. The first kappa shape index (κ1) is 16.1. The van der Waals surface area contributed by atoms with Gasteiger partial charge in [-0.25, -0.2) is 13.1 Å². The van der Waals surface area contributed by atoms with Gasteiger partial charge in [0, 0.05) is 13.1 Å². The summed E-state index contributed by atoms with van der Waals surface area (Å²) in [4.78, 5) is 2.47. The van der Waals surface area contributed by atoms with E-state index in [1.54, 1.807) is 18.2 Å². The minimum Gasteiger partial charge on any atom is -0.397 e. The lowest BCUT2D eigenvalue weighted by Crippen LogP contribution is -2.34. The van der Waals surface area contributed by atoms with Crippen LogP contribution < -0.4 is 15.4 Å². The first-order valence-electron chi connectivity index (χ1n) is 7.56. The first-order valence-corrected chi connectivity index (χ1v) is 9.04. The summed E-state index contributed by atoms with van der Waals surface area (Å²) in [7, 11) is -2.01. The molecule has 5 nitrogen and oxygen atoms in total. The number of piperidine rings is 1. The Balaban J connectivity index is 2.19. The van der Waals surface area contributed by atoms with Crippen LogP contribution in [0, 0.1) is 5.92 Å². The smallest absolute Gasteiger partial charge is 0.240 e. The van der Waals surface area contributed by atoms with Crippen LogP contribution in [0.2, 0.25) is 0 Å². The SMILES string of the molecule is CCCC1CCN(c2cc(S(=O)(=O)NC)ccc2N)CC1. The zero-order valence-corrected chi connectivity index (χ0v) is 13.6. The molecule has 1 aliphatic rings. The molecule has 0 amide bonds. The molecular weight excluding hydrogens is 286 g/mol. The highest BCUT2D eigenvalue weighted by Crippen LogP contribution is 2.31. The van der Waals surface area contributed by atoms with E-state index in [1.165, 1.54) is 19.9 Å². The van der Waals surface area contributed by atoms with Crippen LogP contribution in [0.15, 0.2) is 23.1 Å². The Bertz CT molecular complexity index is 579. The second kappa shape index (κ2) is 6.66. The Morgan fingerprint density at radius 3 is 2.57 bits per heavy atom. The fourth-order valence-electron chi connectivity index (χ4n) is 2.95. The summed E-state index contributed by atoms with van der Waals surface area (Å²) >= 11 is 0. The molecule has 1 fully saturated rings. The molecule has 1 saturated heterocycles. The summed E-state index contributed by atoms with van der Waals surface area (Å²) in [5.74, 6) is 0.789. The molecule has 0 spiro atoms. The van der Waals surface area contributed by atoms with Crippen molar-refractivity contribution in [3.05, 3.63) is 18.2 Å². The van der Waals surface area contributed by atoms with Gasteiger partial charge in [-0.05, 0) is 44.0 Å². The molecule has 3 N–H and O–H groups in total. The van der Waals surface area contributed by atoms with E-state index < -0.39 is 10.0 Å². The monoisotopic (exact) mass is 311 g/mol. The third-order valence-corrected chi connectivity index (χ3v) is 5.65. The van der Waals surface area contributed by atoms with Gasteiger partial charge in [0.25, 0.3) is 0 Å². The summed E-state index contributed by atoms with van der Waals surface area (Å²) in [6.45, 7) is 4.10.